The van der Waals surface area contributed by atoms with Crippen molar-refractivity contribution in [3.05, 3.63) is 0 Å². The van der Waals surface area contributed by atoms with E-state index >= 15 is 0 Å². The quantitative estimate of drug-likeness (QED) is 0.632. The Morgan fingerprint density at radius 3 is 2.40 bits per heavy atom. The second kappa shape index (κ2) is 3.84. The first-order valence-electron chi connectivity index (χ1n) is 4.51. The van der Waals surface area contributed by atoms with Crippen molar-refractivity contribution in [3.63, 3.8) is 0 Å². The van der Waals surface area contributed by atoms with Crippen LogP contribution in [0, 0.1) is 0 Å². The van der Waals surface area contributed by atoms with E-state index < -0.39 is 4.87 Å². The molecular formula is C9H14N2O3S. The zero-order valence-electron chi connectivity index (χ0n) is 9.23. The number of thioether (sulfide) groups is 1. The summed E-state index contributed by atoms with van der Waals surface area (Å²) in [6.45, 7) is 3.05. The van der Waals surface area contributed by atoms with Crippen LogP contribution in [0.25, 0.3) is 0 Å². The highest BCUT2D eigenvalue weighted by molar-refractivity contribution is 8.15. The lowest BCUT2D eigenvalue weighted by atomic mass is 10.2. The van der Waals surface area contributed by atoms with Gasteiger partial charge in [0.15, 0.2) is 9.99 Å². The molecule has 15 heavy (non-hydrogen) atoms. The van der Waals surface area contributed by atoms with E-state index in [0.717, 1.165) is 11.8 Å². The molecule has 0 radical (unpaired) electrons. The number of piperazine rings is 1. The van der Waals surface area contributed by atoms with Gasteiger partial charge in [0, 0.05) is 21.0 Å². The van der Waals surface area contributed by atoms with Gasteiger partial charge in [-0.2, -0.15) is 0 Å². The Morgan fingerprint density at radius 1 is 1.40 bits per heavy atom. The molecule has 1 aliphatic rings. The summed E-state index contributed by atoms with van der Waals surface area (Å²) in [7, 11) is 3.11. The average molecular weight is 230 g/mol. The highest BCUT2D eigenvalue weighted by Crippen LogP contribution is 2.33. The Bertz CT molecular complexity index is 331. The number of nitrogens with zero attached hydrogens (tertiary/aromatic N) is 2. The van der Waals surface area contributed by atoms with Crippen LogP contribution in [0.3, 0.4) is 0 Å². The van der Waals surface area contributed by atoms with Crippen LogP contribution >= 0.6 is 11.8 Å². The monoisotopic (exact) mass is 230 g/mol. The van der Waals surface area contributed by atoms with Crippen LogP contribution in [0.4, 0.5) is 0 Å². The number of hydrogen-bond acceptors (Lipinski definition) is 4. The molecule has 5 nitrogen and oxygen atoms in total. The lowest BCUT2D eigenvalue weighted by Crippen LogP contribution is -2.63. The standard InChI is InChI=1S/C9H14N2O3S/c1-6(12)15-9(2)8(14)10(3)5-7(13)11(9)4/h5H2,1-4H3. The molecule has 0 aliphatic carbocycles. The topological polar surface area (TPSA) is 57.7 Å². The molecule has 0 aromatic rings. The number of likely N-dealkylation sites (N-methyl/N-ethyl adjacent to an activating group) is 2. The van der Waals surface area contributed by atoms with Gasteiger partial charge in [0.1, 0.15) is 0 Å². The lowest BCUT2D eigenvalue weighted by molar-refractivity contribution is -0.154. The third kappa shape index (κ3) is 1.99. The van der Waals surface area contributed by atoms with E-state index in [1.165, 1.54) is 16.7 Å². The van der Waals surface area contributed by atoms with Crippen molar-refractivity contribution in [2.75, 3.05) is 20.6 Å². The maximum absolute atomic E-state index is 11.9. The first kappa shape index (κ1) is 12.0. The number of hydrogen-bond donors (Lipinski definition) is 0. The molecule has 1 unspecified atom stereocenters. The Labute approximate surface area is 92.8 Å². The molecular weight excluding hydrogens is 216 g/mol. The Morgan fingerprint density at radius 2 is 1.93 bits per heavy atom. The number of rotatable bonds is 1. The zero-order valence-corrected chi connectivity index (χ0v) is 10.1. The molecule has 0 spiro atoms. The first-order valence-corrected chi connectivity index (χ1v) is 5.32. The van der Waals surface area contributed by atoms with Gasteiger partial charge in [0.05, 0.1) is 6.54 Å². The van der Waals surface area contributed by atoms with Crippen LogP contribution in [0.1, 0.15) is 13.8 Å². The van der Waals surface area contributed by atoms with E-state index in [2.05, 4.69) is 0 Å². The first-order chi connectivity index (χ1) is 6.79. The summed E-state index contributed by atoms with van der Waals surface area (Å²) in [6.07, 6.45) is 0. The fraction of sp³-hybridized carbons (Fsp3) is 0.667. The predicted molar refractivity (Wildman–Crippen MR) is 57.1 cm³/mol. The molecule has 1 fully saturated rings. The highest BCUT2D eigenvalue weighted by Gasteiger charge is 2.47. The summed E-state index contributed by atoms with van der Waals surface area (Å²) < 4.78 is 0. The lowest BCUT2D eigenvalue weighted by Gasteiger charge is -2.43. The maximum Gasteiger partial charge on any atom is 0.259 e. The Hall–Kier alpha value is -1.04. The summed E-state index contributed by atoms with van der Waals surface area (Å²) in [5.41, 5.74) is 0. The van der Waals surface area contributed by atoms with Gasteiger partial charge in [0.25, 0.3) is 5.91 Å². The molecule has 1 aliphatic heterocycles. The van der Waals surface area contributed by atoms with Gasteiger partial charge in [0.2, 0.25) is 5.91 Å². The van der Waals surface area contributed by atoms with Crippen LogP contribution in [0.2, 0.25) is 0 Å². The third-order valence-electron chi connectivity index (χ3n) is 2.47. The normalized spacial score (nSPS) is 27.2. The summed E-state index contributed by atoms with van der Waals surface area (Å²) in [4.78, 5) is 36.1. The van der Waals surface area contributed by atoms with Crippen LogP contribution in [-0.4, -0.2) is 52.2 Å². The molecule has 2 amide bonds. The number of amides is 2. The van der Waals surface area contributed by atoms with Gasteiger partial charge in [-0.05, 0) is 6.92 Å². The van der Waals surface area contributed by atoms with Crippen LogP contribution in [0.15, 0.2) is 0 Å². The summed E-state index contributed by atoms with van der Waals surface area (Å²) in [5, 5.41) is -0.180. The van der Waals surface area contributed by atoms with Crippen molar-refractivity contribution >= 4 is 28.7 Å². The van der Waals surface area contributed by atoms with Crippen LogP contribution in [0.5, 0.6) is 0 Å². The number of carbonyl (C=O) groups excluding carboxylic acids is 3. The summed E-state index contributed by atoms with van der Waals surface area (Å²) in [6, 6.07) is 0. The smallest absolute Gasteiger partial charge is 0.259 e. The largest absolute Gasteiger partial charge is 0.334 e. The molecule has 1 saturated heterocycles. The predicted octanol–water partition coefficient (Wildman–Crippen LogP) is -0.0873. The van der Waals surface area contributed by atoms with Crippen molar-refractivity contribution in [1.82, 2.24) is 9.80 Å². The van der Waals surface area contributed by atoms with E-state index in [4.69, 9.17) is 0 Å². The van der Waals surface area contributed by atoms with Gasteiger partial charge in [-0.25, -0.2) is 0 Å². The molecule has 84 valence electrons. The van der Waals surface area contributed by atoms with Crippen LogP contribution < -0.4 is 0 Å². The van der Waals surface area contributed by atoms with Gasteiger partial charge in [-0.1, -0.05) is 11.8 Å². The van der Waals surface area contributed by atoms with E-state index in [0.29, 0.717) is 0 Å². The number of carbonyl (C=O) groups is 3. The molecule has 1 rings (SSSR count). The second-order valence-electron chi connectivity index (χ2n) is 3.69. The molecule has 0 bridgehead atoms. The summed E-state index contributed by atoms with van der Waals surface area (Å²) >= 11 is 0.876. The van der Waals surface area contributed by atoms with Gasteiger partial charge in [-0.3, -0.25) is 14.4 Å². The molecule has 6 heteroatoms. The summed E-state index contributed by atoms with van der Waals surface area (Å²) in [5.74, 6) is -0.377. The van der Waals surface area contributed by atoms with E-state index in [1.54, 1.807) is 21.0 Å². The molecule has 1 atom stereocenters. The molecule has 0 aromatic heterocycles. The molecule has 1 heterocycles. The van der Waals surface area contributed by atoms with Gasteiger partial charge >= 0.3 is 0 Å². The van der Waals surface area contributed by atoms with E-state index in [1.807, 2.05) is 0 Å². The van der Waals surface area contributed by atoms with Gasteiger partial charge < -0.3 is 9.80 Å². The highest BCUT2D eigenvalue weighted by atomic mass is 32.2. The minimum Gasteiger partial charge on any atom is -0.334 e. The molecule has 0 aromatic carbocycles. The van der Waals surface area contributed by atoms with Crippen molar-refractivity contribution in [2.45, 2.75) is 18.7 Å². The Kier molecular flexibility index (Phi) is 3.08. The van der Waals surface area contributed by atoms with E-state index in [-0.39, 0.29) is 23.5 Å². The minimum atomic E-state index is -1.10. The Balaban J connectivity index is 3.04. The maximum atomic E-state index is 11.9. The van der Waals surface area contributed by atoms with Crippen molar-refractivity contribution in [2.24, 2.45) is 0 Å². The molecule has 0 saturated carbocycles. The zero-order chi connectivity index (χ0) is 11.8. The van der Waals surface area contributed by atoms with Crippen molar-refractivity contribution < 1.29 is 14.4 Å². The fourth-order valence-electron chi connectivity index (χ4n) is 1.51. The SMILES string of the molecule is CC(=O)SC1(C)C(=O)N(C)CC(=O)N1C. The second-order valence-corrected chi connectivity index (χ2v) is 5.26. The third-order valence-corrected chi connectivity index (χ3v) is 3.61. The minimum absolute atomic E-state index is 0.0728. The van der Waals surface area contributed by atoms with Crippen molar-refractivity contribution in [1.29, 1.82) is 0 Å². The van der Waals surface area contributed by atoms with E-state index in [9.17, 15) is 14.4 Å². The van der Waals surface area contributed by atoms with Gasteiger partial charge in [-0.15, -0.1) is 0 Å². The van der Waals surface area contributed by atoms with Crippen LogP contribution in [-0.2, 0) is 14.4 Å². The fourth-order valence-corrected chi connectivity index (χ4v) is 2.55. The molecule has 0 N–H and O–H groups in total. The average Bonchev–Trinajstić information content (AvgIpc) is 2.11. The van der Waals surface area contributed by atoms with Crippen molar-refractivity contribution in [3.8, 4) is 0 Å².